The van der Waals surface area contributed by atoms with E-state index in [9.17, 15) is 10.2 Å². The Bertz CT molecular complexity index is 327. The van der Waals surface area contributed by atoms with Crippen LogP contribution >= 0.6 is 0 Å². The largest absolute Gasteiger partial charge is 0.467 e. The van der Waals surface area contributed by atoms with Crippen molar-refractivity contribution in [2.75, 3.05) is 26.3 Å². The molecule has 0 bridgehead atoms. The first-order chi connectivity index (χ1) is 9.65. The molecule has 0 aliphatic rings. The summed E-state index contributed by atoms with van der Waals surface area (Å²) in [6.45, 7) is 6.10. The van der Waals surface area contributed by atoms with Crippen molar-refractivity contribution < 1.29 is 19.4 Å². The Kier molecular flexibility index (Phi) is 7.84. The minimum Gasteiger partial charge on any atom is -0.467 e. The Hall–Kier alpha value is -0.880. The highest BCUT2D eigenvalue weighted by molar-refractivity contribution is 4.96. The SMILES string of the molecule is CCC(CC)(CO)CNCC(O)COCc1ccco1. The van der Waals surface area contributed by atoms with Crippen LogP contribution in [-0.4, -0.2) is 42.6 Å². The maximum absolute atomic E-state index is 9.81. The number of ether oxygens (including phenoxy) is 1. The molecule has 0 aromatic carbocycles. The van der Waals surface area contributed by atoms with Crippen LogP contribution in [0.25, 0.3) is 0 Å². The molecular weight excluding hydrogens is 258 g/mol. The Labute approximate surface area is 120 Å². The third-order valence-corrected chi connectivity index (χ3v) is 3.85. The Balaban J connectivity index is 2.14. The summed E-state index contributed by atoms with van der Waals surface area (Å²) in [4.78, 5) is 0. The molecule has 0 radical (unpaired) electrons. The van der Waals surface area contributed by atoms with Gasteiger partial charge >= 0.3 is 0 Å². The topological polar surface area (TPSA) is 74.9 Å². The summed E-state index contributed by atoms with van der Waals surface area (Å²) >= 11 is 0. The van der Waals surface area contributed by atoms with Gasteiger partial charge in [-0.1, -0.05) is 13.8 Å². The van der Waals surface area contributed by atoms with Gasteiger partial charge in [0.1, 0.15) is 12.4 Å². The molecule has 0 amide bonds. The number of aliphatic hydroxyl groups excluding tert-OH is 2. The summed E-state index contributed by atoms with van der Waals surface area (Å²) in [5.41, 5.74) is -0.0885. The quantitative estimate of drug-likeness (QED) is 0.575. The first-order valence-corrected chi connectivity index (χ1v) is 7.25. The van der Waals surface area contributed by atoms with Gasteiger partial charge in [0.25, 0.3) is 0 Å². The van der Waals surface area contributed by atoms with E-state index in [1.54, 1.807) is 12.3 Å². The Morgan fingerprint density at radius 1 is 1.40 bits per heavy atom. The van der Waals surface area contributed by atoms with E-state index in [0.717, 1.165) is 18.6 Å². The third-order valence-electron chi connectivity index (χ3n) is 3.85. The van der Waals surface area contributed by atoms with Crippen molar-refractivity contribution in [1.29, 1.82) is 0 Å². The molecule has 0 saturated carbocycles. The van der Waals surface area contributed by atoms with Crippen LogP contribution in [0.1, 0.15) is 32.4 Å². The molecule has 0 fully saturated rings. The minimum atomic E-state index is -0.560. The standard InChI is InChI=1S/C15H27NO4/c1-3-15(4-2,12-17)11-16-8-13(18)9-19-10-14-6-5-7-20-14/h5-7,13,16-18H,3-4,8-12H2,1-2H3. The lowest BCUT2D eigenvalue weighted by molar-refractivity contribution is 0.0199. The van der Waals surface area contributed by atoms with Crippen LogP contribution in [0, 0.1) is 5.41 Å². The molecule has 0 spiro atoms. The molecule has 20 heavy (non-hydrogen) atoms. The van der Waals surface area contributed by atoms with Crippen molar-refractivity contribution in [3.63, 3.8) is 0 Å². The summed E-state index contributed by atoms with van der Waals surface area (Å²) in [5, 5.41) is 22.5. The number of rotatable bonds is 11. The number of nitrogens with one attached hydrogen (secondary N) is 1. The van der Waals surface area contributed by atoms with Gasteiger partial charge in [-0.2, -0.15) is 0 Å². The van der Waals surface area contributed by atoms with Crippen molar-refractivity contribution in [2.24, 2.45) is 5.41 Å². The van der Waals surface area contributed by atoms with E-state index in [1.165, 1.54) is 0 Å². The van der Waals surface area contributed by atoms with Crippen molar-refractivity contribution in [1.82, 2.24) is 5.32 Å². The molecule has 116 valence electrons. The number of hydrogen-bond donors (Lipinski definition) is 3. The van der Waals surface area contributed by atoms with Crippen LogP contribution < -0.4 is 5.32 Å². The lowest BCUT2D eigenvalue weighted by Gasteiger charge is -2.30. The molecule has 1 unspecified atom stereocenters. The van der Waals surface area contributed by atoms with Crippen LogP contribution in [0.3, 0.4) is 0 Å². The first-order valence-electron chi connectivity index (χ1n) is 7.25. The summed E-state index contributed by atoms with van der Waals surface area (Å²) in [7, 11) is 0. The fraction of sp³-hybridized carbons (Fsp3) is 0.733. The molecule has 1 aromatic rings. The van der Waals surface area contributed by atoms with Crippen molar-refractivity contribution in [3.05, 3.63) is 24.2 Å². The Morgan fingerprint density at radius 3 is 2.70 bits per heavy atom. The van der Waals surface area contributed by atoms with E-state index in [-0.39, 0.29) is 18.6 Å². The Morgan fingerprint density at radius 2 is 2.15 bits per heavy atom. The van der Waals surface area contributed by atoms with E-state index >= 15 is 0 Å². The van der Waals surface area contributed by atoms with Gasteiger partial charge in [0.05, 0.1) is 19.0 Å². The summed E-state index contributed by atoms with van der Waals surface area (Å²) in [5.74, 6) is 0.751. The summed E-state index contributed by atoms with van der Waals surface area (Å²) < 4.78 is 10.5. The average molecular weight is 285 g/mol. The van der Waals surface area contributed by atoms with E-state index in [0.29, 0.717) is 19.7 Å². The first kappa shape index (κ1) is 17.2. The molecule has 0 aliphatic heterocycles. The molecule has 1 heterocycles. The molecule has 0 saturated heterocycles. The molecule has 0 aliphatic carbocycles. The predicted molar refractivity (Wildman–Crippen MR) is 77.3 cm³/mol. The highest BCUT2D eigenvalue weighted by atomic mass is 16.5. The van der Waals surface area contributed by atoms with Gasteiger partial charge in [-0.15, -0.1) is 0 Å². The minimum absolute atomic E-state index is 0.0885. The van der Waals surface area contributed by atoms with Gasteiger partial charge in [-0.3, -0.25) is 0 Å². The second-order valence-corrected chi connectivity index (χ2v) is 5.24. The fourth-order valence-electron chi connectivity index (χ4n) is 2.03. The molecule has 1 atom stereocenters. The van der Waals surface area contributed by atoms with Crippen LogP contribution in [0.2, 0.25) is 0 Å². The number of aliphatic hydroxyl groups is 2. The molecule has 5 heteroatoms. The van der Waals surface area contributed by atoms with Gasteiger partial charge in [-0.25, -0.2) is 0 Å². The number of furan rings is 1. The van der Waals surface area contributed by atoms with Crippen LogP contribution in [0.15, 0.2) is 22.8 Å². The predicted octanol–water partition coefficient (Wildman–Crippen LogP) is 1.55. The van der Waals surface area contributed by atoms with E-state index in [2.05, 4.69) is 19.2 Å². The van der Waals surface area contributed by atoms with Gasteiger partial charge < -0.3 is 24.7 Å². The van der Waals surface area contributed by atoms with Gasteiger partial charge in [-0.05, 0) is 25.0 Å². The zero-order chi connectivity index (χ0) is 14.8. The van der Waals surface area contributed by atoms with Crippen molar-refractivity contribution in [2.45, 2.75) is 39.4 Å². The molecule has 3 N–H and O–H groups in total. The normalized spacial score (nSPS) is 13.6. The lowest BCUT2D eigenvalue weighted by Crippen LogP contribution is -2.40. The van der Waals surface area contributed by atoms with Gasteiger partial charge in [0, 0.05) is 25.1 Å². The molecule has 1 aromatic heterocycles. The van der Waals surface area contributed by atoms with Crippen molar-refractivity contribution in [3.8, 4) is 0 Å². The molecular formula is C15H27NO4. The number of hydrogen-bond acceptors (Lipinski definition) is 5. The highest BCUT2D eigenvalue weighted by Gasteiger charge is 2.24. The van der Waals surface area contributed by atoms with E-state index < -0.39 is 6.10 Å². The van der Waals surface area contributed by atoms with Crippen LogP contribution in [0.4, 0.5) is 0 Å². The second-order valence-electron chi connectivity index (χ2n) is 5.24. The van der Waals surface area contributed by atoms with E-state index in [1.807, 2.05) is 6.07 Å². The molecule has 1 rings (SSSR count). The zero-order valence-electron chi connectivity index (χ0n) is 12.5. The van der Waals surface area contributed by atoms with Gasteiger partial charge in [0.15, 0.2) is 0 Å². The van der Waals surface area contributed by atoms with E-state index in [4.69, 9.17) is 9.15 Å². The van der Waals surface area contributed by atoms with Gasteiger partial charge in [0.2, 0.25) is 0 Å². The van der Waals surface area contributed by atoms with Crippen LogP contribution in [-0.2, 0) is 11.3 Å². The maximum Gasteiger partial charge on any atom is 0.129 e. The zero-order valence-corrected chi connectivity index (χ0v) is 12.5. The summed E-state index contributed by atoms with van der Waals surface area (Å²) in [6, 6.07) is 3.64. The van der Waals surface area contributed by atoms with Crippen molar-refractivity contribution >= 4 is 0 Å². The highest BCUT2D eigenvalue weighted by Crippen LogP contribution is 2.24. The average Bonchev–Trinajstić information content (AvgIpc) is 2.97. The maximum atomic E-state index is 9.81. The smallest absolute Gasteiger partial charge is 0.129 e. The summed E-state index contributed by atoms with van der Waals surface area (Å²) in [6.07, 6.45) is 2.87. The monoisotopic (exact) mass is 285 g/mol. The fourth-order valence-corrected chi connectivity index (χ4v) is 2.03. The third kappa shape index (κ3) is 5.63. The molecule has 5 nitrogen and oxygen atoms in total. The lowest BCUT2D eigenvalue weighted by atomic mass is 9.83. The van der Waals surface area contributed by atoms with Crippen LogP contribution in [0.5, 0.6) is 0 Å². The second kappa shape index (κ2) is 9.13.